The minimum absolute atomic E-state index is 0.738. The third-order valence-corrected chi connectivity index (χ3v) is 7.41. The molecule has 3 aromatic heterocycles. The third kappa shape index (κ3) is 4.03. The van der Waals surface area contributed by atoms with E-state index in [9.17, 15) is 0 Å². The van der Waals surface area contributed by atoms with E-state index in [1.165, 1.54) is 0 Å². The number of anilines is 2. The number of rotatable bonds is 4. The molecule has 0 spiro atoms. The fraction of sp³-hybridized carbons (Fsp3) is 0. The smallest absolute Gasteiger partial charge is 0.153 e. The molecule has 194 valence electrons. The SMILES string of the molecule is C1=Cc2cccc(-c3ccccn3)c2Nc2c1cccc2Oc1cccc(-c2cccc3oc4cccnc4c23)c1. The Bertz CT molecular complexity index is 2110. The van der Waals surface area contributed by atoms with E-state index in [4.69, 9.17) is 9.15 Å². The number of benzene rings is 4. The van der Waals surface area contributed by atoms with Gasteiger partial charge in [0.25, 0.3) is 0 Å². The van der Waals surface area contributed by atoms with Gasteiger partial charge >= 0.3 is 0 Å². The van der Waals surface area contributed by atoms with Crippen molar-refractivity contribution in [2.75, 3.05) is 5.32 Å². The molecule has 0 saturated heterocycles. The van der Waals surface area contributed by atoms with Crippen molar-refractivity contribution in [3.8, 4) is 33.9 Å². The molecule has 0 unspecified atom stereocenters. The number of fused-ring (bicyclic) bond motifs is 5. The summed E-state index contributed by atoms with van der Waals surface area (Å²) in [6.07, 6.45) is 7.87. The van der Waals surface area contributed by atoms with Crippen molar-refractivity contribution in [3.05, 3.63) is 133 Å². The lowest BCUT2D eigenvalue weighted by Gasteiger charge is -2.18. The normalized spacial score (nSPS) is 12.0. The first kappa shape index (κ1) is 23.2. The maximum absolute atomic E-state index is 6.59. The first-order valence-corrected chi connectivity index (χ1v) is 13.5. The molecule has 0 bridgehead atoms. The number of ether oxygens (including phenoxy) is 1. The van der Waals surface area contributed by atoms with Gasteiger partial charge in [-0.1, -0.05) is 72.8 Å². The van der Waals surface area contributed by atoms with E-state index in [-0.39, 0.29) is 0 Å². The van der Waals surface area contributed by atoms with E-state index >= 15 is 0 Å². The number of hydrogen-bond acceptors (Lipinski definition) is 5. The monoisotopic (exact) mass is 529 g/mol. The molecule has 0 atom stereocenters. The van der Waals surface area contributed by atoms with E-state index < -0.39 is 0 Å². The zero-order valence-electron chi connectivity index (χ0n) is 21.9. The Labute approximate surface area is 236 Å². The number of nitrogens with zero attached hydrogens (tertiary/aromatic N) is 2. The minimum atomic E-state index is 0.738. The molecule has 7 aromatic rings. The summed E-state index contributed by atoms with van der Waals surface area (Å²) in [6, 6.07) is 36.4. The molecule has 1 aliphatic rings. The molecular formula is C36H23N3O2. The summed E-state index contributed by atoms with van der Waals surface area (Å²) >= 11 is 0. The van der Waals surface area contributed by atoms with Gasteiger partial charge in [-0.3, -0.25) is 9.97 Å². The highest BCUT2D eigenvalue weighted by Gasteiger charge is 2.18. The lowest BCUT2D eigenvalue weighted by molar-refractivity contribution is 0.485. The van der Waals surface area contributed by atoms with Crippen molar-refractivity contribution in [1.29, 1.82) is 0 Å². The molecule has 4 heterocycles. The van der Waals surface area contributed by atoms with Crippen LogP contribution in [0.2, 0.25) is 0 Å². The second kappa shape index (κ2) is 9.50. The third-order valence-electron chi connectivity index (χ3n) is 7.41. The van der Waals surface area contributed by atoms with E-state index in [0.717, 1.165) is 78.5 Å². The van der Waals surface area contributed by atoms with Crippen LogP contribution in [0.3, 0.4) is 0 Å². The quantitative estimate of drug-likeness (QED) is 0.246. The summed E-state index contributed by atoms with van der Waals surface area (Å²) in [4.78, 5) is 9.21. The van der Waals surface area contributed by atoms with E-state index in [1.807, 2.05) is 72.9 Å². The Hall–Kier alpha value is -5.68. The van der Waals surface area contributed by atoms with Crippen LogP contribution in [-0.4, -0.2) is 9.97 Å². The molecule has 5 nitrogen and oxygen atoms in total. The molecule has 5 heteroatoms. The summed E-state index contributed by atoms with van der Waals surface area (Å²) < 4.78 is 12.7. The van der Waals surface area contributed by atoms with Gasteiger partial charge in [0.2, 0.25) is 0 Å². The van der Waals surface area contributed by atoms with Crippen LogP contribution < -0.4 is 10.1 Å². The molecule has 0 fully saturated rings. The van der Waals surface area contributed by atoms with Crippen molar-refractivity contribution in [2.45, 2.75) is 0 Å². The van der Waals surface area contributed by atoms with Gasteiger partial charge in [-0.15, -0.1) is 0 Å². The predicted octanol–water partition coefficient (Wildman–Crippen LogP) is 9.73. The first-order valence-electron chi connectivity index (χ1n) is 13.5. The zero-order chi connectivity index (χ0) is 27.2. The Morgan fingerprint density at radius 2 is 1.39 bits per heavy atom. The number of nitrogens with one attached hydrogen (secondary N) is 1. The van der Waals surface area contributed by atoms with Gasteiger partial charge in [0.05, 0.1) is 22.5 Å². The Morgan fingerprint density at radius 3 is 2.29 bits per heavy atom. The van der Waals surface area contributed by atoms with Crippen molar-refractivity contribution in [2.24, 2.45) is 0 Å². The van der Waals surface area contributed by atoms with Crippen LogP contribution in [-0.2, 0) is 0 Å². The van der Waals surface area contributed by atoms with Gasteiger partial charge in [0.1, 0.15) is 16.8 Å². The molecule has 4 aromatic carbocycles. The lowest BCUT2D eigenvalue weighted by atomic mass is 10.0. The molecule has 0 amide bonds. The highest BCUT2D eigenvalue weighted by Crippen LogP contribution is 2.43. The zero-order valence-corrected chi connectivity index (χ0v) is 21.9. The topological polar surface area (TPSA) is 60.2 Å². The number of pyridine rings is 2. The van der Waals surface area contributed by atoms with Crippen LogP contribution in [0.4, 0.5) is 11.4 Å². The highest BCUT2D eigenvalue weighted by molar-refractivity contribution is 6.10. The summed E-state index contributed by atoms with van der Waals surface area (Å²) in [5.74, 6) is 1.48. The van der Waals surface area contributed by atoms with Gasteiger partial charge in [0.15, 0.2) is 11.3 Å². The van der Waals surface area contributed by atoms with Gasteiger partial charge in [0, 0.05) is 23.5 Å². The Morgan fingerprint density at radius 1 is 0.610 bits per heavy atom. The second-order valence-electron chi connectivity index (χ2n) is 9.92. The predicted molar refractivity (Wildman–Crippen MR) is 165 cm³/mol. The summed E-state index contributed by atoms with van der Waals surface area (Å²) in [6.45, 7) is 0. The van der Waals surface area contributed by atoms with E-state index in [2.05, 4.69) is 69.9 Å². The minimum Gasteiger partial charge on any atom is -0.455 e. The Kier molecular flexibility index (Phi) is 5.38. The molecule has 0 aliphatic carbocycles. The van der Waals surface area contributed by atoms with Crippen molar-refractivity contribution in [3.63, 3.8) is 0 Å². The van der Waals surface area contributed by atoms with Gasteiger partial charge in [-0.05, 0) is 65.2 Å². The van der Waals surface area contributed by atoms with Crippen LogP contribution in [0.15, 0.2) is 126 Å². The maximum Gasteiger partial charge on any atom is 0.153 e. The van der Waals surface area contributed by atoms with Gasteiger partial charge in [-0.2, -0.15) is 0 Å². The average Bonchev–Trinajstić information content (AvgIpc) is 3.29. The standard InChI is InChI=1S/C36H23N3O2/c1-2-20-37-29(14-1)28-13-4-8-23-18-19-24-9-5-16-31(35(24)39-34(23)28)40-26-11-3-10-25(22-26)27-12-6-15-30-33(27)36-32(41-30)17-7-21-38-36/h1-22,39H. The molecule has 1 aliphatic heterocycles. The first-order chi connectivity index (χ1) is 20.3. The van der Waals surface area contributed by atoms with Gasteiger partial charge in [-0.25, -0.2) is 0 Å². The van der Waals surface area contributed by atoms with Crippen LogP contribution in [0.1, 0.15) is 11.1 Å². The van der Waals surface area contributed by atoms with Crippen molar-refractivity contribution in [1.82, 2.24) is 9.97 Å². The van der Waals surface area contributed by atoms with Crippen LogP contribution in [0.5, 0.6) is 11.5 Å². The molecule has 0 saturated carbocycles. The fourth-order valence-electron chi connectivity index (χ4n) is 5.53. The highest BCUT2D eigenvalue weighted by atomic mass is 16.5. The van der Waals surface area contributed by atoms with Crippen LogP contribution in [0, 0.1) is 0 Å². The van der Waals surface area contributed by atoms with Crippen LogP contribution in [0.25, 0.3) is 56.6 Å². The second-order valence-corrected chi connectivity index (χ2v) is 9.92. The average molecular weight is 530 g/mol. The molecule has 8 rings (SSSR count). The molecule has 41 heavy (non-hydrogen) atoms. The summed E-state index contributed by atoms with van der Waals surface area (Å²) in [5.41, 5.74) is 10.5. The van der Waals surface area contributed by atoms with E-state index in [1.54, 1.807) is 6.20 Å². The van der Waals surface area contributed by atoms with Crippen LogP contribution >= 0.6 is 0 Å². The number of hydrogen-bond donors (Lipinski definition) is 1. The molecule has 1 N–H and O–H groups in total. The van der Waals surface area contributed by atoms with Gasteiger partial charge < -0.3 is 14.5 Å². The summed E-state index contributed by atoms with van der Waals surface area (Å²) in [7, 11) is 0. The lowest BCUT2D eigenvalue weighted by Crippen LogP contribution is -1.99. The maximum atomic E-state index is 6.59. The number of aromatic nitrogens is 2. The molecular weight excluding hydrogens is 506 g/mol. The fourth-order valence-corrected chi connectivity index (χ4v) is 5.53. The Balaban J connectivity index is 1.20. The van der Waals surface area contributed by atoms with Crippen molar-refractivity contribution < 1.29 is 9.15 Å². The molecule has 0 radical (unpaired) electrons. The van der Waals surface area contributed by atoms with Crippen molar-refractivity contribution >= 4 is 45.6 Å². The van der Waals surface area contributed by atoms with E-state index in [0.29, 0.717) is 0 Å². The summed E-state index contributed by atoms with van der Waals surface area (Å²) in [5, 5.41) is 4.70. The largest absolute Gasteiger partial charge is 0.455 e. The number of furan rings is 1. The number of para-hydroxylation sites is 2.